The number of unbranched alkanes of at least 4 members (excludes halogenated alkanes) is 1. The molecule has 2 aliphatic heterocycles. The summed E-state index contributed by atoms with van der Waals surface area (Å²) >= 11 is 1.47. The van der Waals surface area contributed by atoms with Crippen LogP contribution >= 0.6 is 11.8 Å². The van der Waals surface area contributed by atoms with Crippen LogP contribution in [0.25, 0.3) is 5.70 Å². The van der Waals surface area contributed by atoms with Crippen LogP contribution in [0.3, 0.4) is 0 Å². The van der Waals surface area contributed by atoms with Crippen LogP contribution in [0.15, 0.2) is 58.6 Å². The lowest BCUT2D eigenvalue weighted by atomic mass is 10.1. The first-order valence-electron chi connectivity index (χ1n) is 9.80. The van der Waals surface area contributed by atoms with Crippen LogP contribution in [-0.4, -0.2) is 40.9 Å². The number of rotatable bonds is 6. The summed E-state index contributed by atoms with van der Waals surface area (Å²) in [5.74, 6) is 0.985. The number of hydrazone groups is 1. The van der Waals surface area contributed by atoms with Gasteiger partial charge in [0.15, 0.2) is 5.17 Å². The van der Waals surface area contributed by atoms with Gasteiger partial charge in [0.05, 0.1) is 12.5 Å². The molecule has 0 aliphatic carbocycles. The number of amidine groups is 1. The van der Waals surface area contributed by atoms with Crippen molar-refractivity contribution in [3.63, 3.8) is 0 Å². The van der Waals surface area contributed by atoms with Crippen molar-refractivity contribution < 1.29 is 14.3 Å². The molecule has 30 heavy (non-hydrogen) atoms. The average Bonchev–Trinajstić information content (AvgIpc) is 2.78. The Bertz CT molecular complexity index is 1130. The molecular weight excluding hydrogens is 400 g/mol. The minimum atomic E-state index is -0.948. The molecule has 1 N–H and O–H groups in total. The second-order valence-corrected chi connectivity index (χ2v) is 7.95. The van der Waals surface area contributed by atoms with Gasteiger partial charge in [0.2, 0.25) is 11.9 Å². The molecule has 0 saturated carbocycles. The standard InChI is InChI=1S/C22H22N4O3S/c1-3-4-13-30-22-24-21(28)18-16-7-5-6-8-17(16)23-20(26(18)25-22)19(27)14-9-11-15(29-2)12-10-14/h5-12,20H,3-4,13H2,1-2H3,(H,24,25,28). The third kappa shape index (κ3) is 3.82. The van der Waals surface area contributed by atoms with E-state index < -0.39 is 6.17 Å². The Morgan fingerprint density at radius 2 is 1.97 bits per heavy atom. The Morgan fingerprint density at radius 1 is 1.20 bits per heavy atom. The molecule has 0 fully saturated rings. The highest BCUT2D eigenvalue weighted by molar-refractivity contribution is 8.13. The zero-order chi connectivity index (χ0) is 21.1. The number of benzene rings is 2. The number of para-hydroxylation sites is 1. The summed E-state index contributed by atoms with van der Waals surface area (Å²) in [4.78, 5) is 31.0. The number of methoxy groups -OCH3 is 1. The number of carbonyl (C=O) groups is 2. The van der Waals surface area contributed by atoms with Gasteiger partial charge in [0.1, 0.15) is 11.4 Å². The van der Waals surface area contributed by atoms with Crippen LogP contribution in [0.2, 0.25) is 0 Å². The number of fused-ring (bicyclic) bond motifs is 2. The lowest BCUT2D eigenvalue weighted by molar-refractivity contribution is -0.115. The molecule has 7 nitrogen and oxygen atoms in total. The second-order valence-electron chi connectivity index (χ2n) is 6.87. The van der Waals surface area contributed by atoms with Crippen molar-refractivity contribution in [1.29, 1.82) is 0 Å². The normalized spacial score (nSPS) is 17.3. The minimum Gasteiger partial charge on any atom is -0.497 e. The van der Waals surface area contributed by atoms with E-state index >= 15 is 0 Å². The fourth-order valence-corrected chi connectivity index (χ4v) is 4.22. The Labute approximate surface area is 178 Å². The number of ether oxygens (including phenoxy) is 1. The molecule has 1 unspecified atom stereocenters. The van der Waals surface area contributed by atoms with E-state index in [1.54, 1.807) is 37.4 Å². The van der Waals surface area contributed by atoms with Gasteiger partial charge in [-0.05, 0) is 36.8 Å². The summed E-state index contributed by atoms with van der Waals surface area (Å²) in [7, 11) is 1.57. The molecular formula is C22H22N4O3S. The van der Waals surface area contributed by atoms with E-state index in [2.05, 4.69) is 22.3 Å². The van der Waals surface area contributed by atoms with Crippen LogP contribution in [0.1, 0.15) is 30.1 Å². The van der Waals surface area contributed by atoms with Crippen molar-refractivity contribution in [3.8, 4) is 5.75 Å². The monoisotopic (exact) mass is 422 g/mol. The average molecular weight is 423 g/mol. The van der Waals surface area contributed by atoms with Gasteiger partial charge in [-0.15, -0.1) is 5.10 Å². The van der Waals surface area contributed by atoms with E-state index in [9.17, 15) is 9.59 Å². The van der Waals surface area contributed by atoms with E-state index in [1.165, 1.54) is 16.8 Å². The molecule has 0 aromatic heterocycles. The lowest BCUT2D eigenvalue weighted by Crippen LogP contribution is -2.54. The number of hydrogen-bond acceptors (Lipinski definition) is 7. The first-order chi connectivity index (χ1) is 14.6. The maximum Gasteiger partial charge on any atom is 0.276 e. The summed E-state index contributed by atoms with van der Waals surface area (Å²) < 4.78 is 5.17. The quantitative estimate of drug-likeness (QED) is 0.568. The van der Waals surface area contributed by atoms with Crippen molar-refractivity contribution in [3.05, 3.63) is 64.7 Å². The van der Waals surface area contributed by atoms with Crippen LogP contribution < -0.4 is 20.6 Å². The topological polar surface area (TPSA) is 83.4 Å². The van der Waals surface area contributed by atoms with Crippen LogP contribution in [-0.2, 0) is 4.79 Å². The number of hydrogen-bond donors (Lipinski definition) is 1. The van der Waals surface area contributed by atoms with Crippen molar-refractivity contribution in [2.75, 3.05) is 12.9 Å². The fraction of sp³-hybridized carbons (Fsp3) is 0.273. The van der Waals surface area contributed by atoms with Gasteiger partial charge in [0, 0.05) is 16.5 Å². The molecule has 0 radical (unpaired) electrons. The number of nitrogens with zero attached hydrogens (tertiary/aromatic N) is 3. The number of carbonyl (C=O) groups excluding carboxylic acids is 2. The Kier molecular flexibility index (Phi) is 5.85. The largest absolute Gasteiger partial charge is 0.497 e. The number of Topliss-reactive ketones (excluding diaryl/α,β-unsaturated/α-hetero) is 1. The highest BCUT2D eigenvalue weighted by Crippen LogP contribution is 2.24. The van der Waals surface area contributed by atoms with Gasteiger partial charge in [-0.2, -0.15) is 0 Å². The van der Waals surface area contributed by atoms with Gasteiger partial charge in [0.25, 0.3) is 5.91 Å². The Morgan fingerprint density at radius 3 is 2.70 bits per heavy atom. The highest BCUT2D eigenvalue weighted by atomic mass is 32.2. The van der Waals surface area contributed by atoms with Gasteiger partial charge in [-0.25, -0.2) is 10.0 Å². The number of ketones is 1. The van der Waals surface area contributed by atoms with Crippen molar-refractivity contribution in [1.82, 2.24) is 10.3 Å². The van der Waals surface area contributed by atoms with E-state index in [1.807, 2.05) is 18.2 Å². The number of nitrogens with one attached hydrogen (secondary N) is 1. The lowest BCUT2D eigenvalue weighted by Gasteiger charge is -2.33. The van der Waals surface area contributed by atoms with E-state index in [-0.39, 0.29) is 11.7 Å². The molecule has 0 saturated heterocycles. The molecule has 0 spiro atoms. The Balaban J connectivity index is 1.77. The predicted molar refractivity (Wildman–Crippen MR) is 117 cm³/mol. The van der Waals surface area contributed by atoms with Gasteiger partial charge < -0.3 is 4.74 Å². The second kappa shape index (κ2) is 8.71. The van der Waals surface area contributed by atoms with Gasteiger partial charge in [-0.1, -0.05) is 43.3 Å². The molecule has 2 aromatic carbocycles. The minimum absolute atomic E-state index is 0.235. The SMILES string of the molecule is CCCCSC1=NN2C(=c3ccccc3=NC2C(=O)c2ccc(OC)cc2)C(=O)N1. The molecule has 2 aromatic rings. The molecule has 154 valence electrons. The predicted octanol–water partition coefficient (Wildman–Crippen LogP) is 1.88. The molecule has 8 heteroatoms. The smallest absolute Gasteiger partial charge is 0.276 e. The van der Waals surface area contributed by atoms with Crippen molar-refractivity contribution >= 4 is 34.3 Å². The van der Waals surface area contributed by atoms with Crippen LogP contribution in [0.4, 0.5) is 0 Å². The number of thioether (sulfide) groups is 1. The van der Waals surface area contributed by atoms with Crippen LogP contribution in [0, 0.1) is 0 Å². The summed E-state index contributed by atoms with van der Waals surface area (Å²) in [5, 5.41) is 10.7. The van der Waals surface area contributed by atoms with E-state index in [0.717, 1.165) is 18.6 Å². The maximum absolute atomic E-state index is 13.3. The molecule has 2 aliphatic rings. The third-order valence-corrected chi connectivity index (χ3v) is 5.81. The van der Waals surface area contributed by atoms with Crippen LogP contribution in [0.5, 0.6) is 5.75 Å². The Hall–Kier alpha value is -3.13. The zero-order valence-corrected chi connectivity index (χ0v) is 17.6. The molecule has 0 bridgehead atoms. The molecule has 4 rings (SSSR count). The highest BCUT2D eigenvalue weighted by Gasteiger charge is 2.37. The fourth-order valence-electron chi connectivity index (χ4n) is 3.28. The van der Waals surface area contributed by atoms with E-state index in [4.69, 9.17) is 4.74 Å². The first-order valence-corrected chi connectivity index (χ1v) is 10.8. The number of amides is 1. The maximum atomic E-state index is 13.3. The van der Waals surface area contributed by atoms with Gasteiger partial charge >= 0.3 is 0 Å². The molecule has 1 atom stereocenters. The summed E-state index contributed by atoms with van der Waals surface area (Å²) in [6.07, 6.45) is 1.12. The summed E-state index contributed by atoms with van der Waals surface area (Å²) in [5.41, 5.74) is 0.817. The third-order valence-electron chi connectivity index (χ3n) is 4.86. The zero-order valence-electron chi connectivity index (χ0n) is 16.8. The van der Waals surface area contributed by atoms with Crippen molar-refractivity contribution in [2.45, 2.75) is 25.9 Å². The van der Waals surface area contributed by atoms with Gasteiger partial charge in [-0.3, -0.25) is 14.9 Å². The van der Waals surface area contributed by atoms with E-state index in [0.29, 0.717) is 32.8 Å². The first kappa shape index (κ1) is 20.2. The van der Waals surface area contributed by atoms with Crippen molar-refractivity contribution in [2.24, 2.45) is 10.1 Å². The molecule has 2 heterocycles. The summed E-state index contributed by atoms with van der Waals surface area (Å²) in [6, 6.07) is 14.1. The summed E-state index contributed by atoms with van der Waals surface area (Å²) in [6.45, 7) is 2.11. The molecule has 1 amide bonds.